The number of rotatable bonds is 2. The quantitative estimate of drug-likeness (QED) is 0.754. The van der Waals surface area contributed by atoms with Crippen molar-refractivity contribution in [2.75, 3.05) is 0 Å². The summed E-state index contributed by atoms with van der Waals surface area (Å²) in [7, 11) is 0. The number of nitrogens with two attached hydrogens (primary N) is 1. The van der Waals surface area contributed by atoms with Crippen LogP contribution >= 0.6 is 12.4 Å². The van der Waals surface area contributed by atoms with Crippen LogP contribution in [0.25, 0.3) is 0 Å². The van der Waals surface area contributed by atoms with Crippen molar-refractivity contribution in [3.05, 3.63) is 23.8 Å². The van der Waals surface area contributed by atoms with E-state index in [9.17, 15) is 0 Å². The average Bonchev–Trinajstić information content (AvgIpc) is 2.87. The molecular weight excluding hydrogens is 174 g/mol. The maximum Gasteiger partial charge on any atom is 0.131 e. The van der Waals surface area contributed by atoms with Crippen LogP contribution in [0.4, 0.5) is 0 Å². The van der Waals surface area contributed by atoms with Crippen LogP contribution in [0.3, 0.4) is 0 Å². The fourth-order valence-electron chi connectivity index (χ4n) is 1.06. The minimum atomic E-state index is 0. The largest absolute Gasteiger partial charge is 0.325 e. The van der Waals surface area contributed by atoms with Gasteiger partial charge in [0.1, 0.15) is 5.82 Å². The van der Waals surface area contributed by atoms with Crippen molar-refractivity contribution >= 4 is 12.4 Å². The van der Waals surface area contributed by atoms with Gasteiger partial charge < -0.3 is 5.73 Å². The highest BCUT2D eigenvalue weighted by Gasteiger charge is 2.26. The Morgan fingerprint density at radius 1 is 1.50 bits per heavy atom. The number of hydrogen-bond donors (Lipinski definition) is 1. The van der Waals surface area contributed by atoms with Crippen LogP contribution in [0, 0.1) is 0 Å². The third-order valence-electron chi connectivity index (χ3n) is 1.88. The normalized spacial score (nSPS) is 15.4. The van der Waals surface area contributed by atoms with E-state index in [2.05, 4.69) is 9.97 Å². The monoisotopic (exact) mass is 185 g/mol. The SMILES string of the molecule is Cl.NCc1ccnc(C2CC2)n1. The molecule has 0 bridgehead atoms. The van der Waals surface area contributed by atoms with Crippen molar-refractivity contribution in [1.29, 1.82) is 0 Å². The summed E-state index contributed by atoms with van der Waals surface area (Å²) in [5.74, 6) is 1.61. The molecule has 3 nitrogen and oxygen atoms in total. The zero-order valence-electron chi connectivity index (χ0n) is 6.73. The minimum absolute atomic E-state index is 0. The van der Waals surface area contributed by atoms with E-state index in [0.717, 1.165) is 11.5 Å². The van der Waals surface area contributed by atoms with Gasteiger partial charge in [-0.15, -0.1) is 12.4 Å². The van der Waals surface area contributed by atoms with E-state index < -0.39 is 0 Å². The lowest BCUT2D eigenvalue weighted by atomic mass is 10.3. The summed E-state index contributed by atoms with van der Waals surface area (Å²) in [5.41, 5.74) is 6.40. The van der Waals surface area contributed by atoms with Crippen LogP contribution in [-0.4, -0.2) is 9.97 Å². The van der Waals surface area contributed by atoms with Gasteiger partial charge in [-0.25, -0.2) is 9.97 Å². The van der Waals surface area contributed by atoms with Crippen LogP contribution in [0.2, 0.25) is 0 Å². The van der Waals surface area contributed by atoms with Crippen LogP contribution in [0.1, 0.15) is 30.3 Å². The van der Waals surface area contributed by atoms with Gasteiger partial charge in [0.15, 0.2) is 0 Å². The lowest BCUT2D eigenvalue weighted by molar-refractivity contribution is 0.867. The van der Waals surface area contributed by atoms with Gasteiger partial charge >= 0.3 is 0 Å². The Bertz CT molecular complexity index is 260. The van der Waals surface area contributed by atoms with Gasteiger partial charge in [0, 0.05) is 18.7 Å². The first-order valence-corrected chi connectivity index (χ1v) is 3.92. The average molecular weight is 186 g/mol. The molecule has 0 saturated heterocycles. The molecule has 1 saturated carbocycles. The lowest BCUT2D eigenvalue weighted by Gasteiger charge is -1.98. The molecule has 66 valence electrons. The summed E-state index contributed by atoms with van der Waals surface area (Å²) in [4.78, 5) is 8.50. The number of nitrogens with zero attached hydrogens (tertiary/aromatic N) is 2. The Kier molecular flexibility index (Phi) is 3.00. The fraction of sp³-hybridized carbons (Fsp3) is 0.500. The molecule has 0 atom stereocenters. The van der Waals surface area contributed by atoms with Crippen LogP contribution in [-0.2, 0) is 6.54 Å². The fourth-order valence-corrected chi connectivity index (χ4v) is 1.06. The summed E-state index contributed by atoms with van der Waals surface area (Å²) in [5, 5.41) is 0. The van der Waals surface area contributed by atoms with Gasteiger partial charge in [-0.1, -0.05) is 0 Å². The van der Waals surface area contributed by atoms with E-state index in [1.807, 2.05) is 6.07 Å². The van der Waals surface area contributed by atoms with E-state index in [1.54, 1.807) is 6.20 Å². The van der Waals surface area contributed by atoms with E-state index in [-0.39, 0.29) is 12.4 Å². The molecule has 1 aromatic heterocycles. The van der Waals surface area contributed by atoms with Crippen LogP contribution in [0.5, 0.6) is 0 Å². The Morgan fingerprint density at radius 2 is 2.25 bits per heavy atom. The van der Waals surface area contributed by atoms with Crippen molar-refractivity contribution in [1.82, 2.24) is 9.97 Å². The van der Waals surface area contributed by atoms with Gasteiger partial charge in [-0.2, -0.15) is 0 Å². The van der Waals surface area contributed by atoms with E-state index >= 15 is 0 Å². The summed E-state index contributed by atoms with van der Waals surface area (Å²) >= 11 is 0. The van der Waals surface area contributed by atoms with E-state index in [0.29, 0.717) is 12.5 Å². The zero-order chi connectivity index (χ0) is 7.68. The van der Waals surface area contributed by atoms with Gasteiger partial charge in [-0.3, -0.25) is 0 Å². The topological polar surface area (TPSA) is 51.8 Å². The third-order valence-corrected chi connectivity index (χ3v) is 1.88. The number of halogens is 1. The van der Waals surface area contributed by atoms with Crippen molar-refractivity contribution in [3.63, 3.8) is 0 Å². The molecule has 0 unspecified atom stereocenters. The smallest absolute Gasteiger partial charge is 0.131 e. The highest BCUT2D eigenvalue weighted by Crippen LogP contribution is 2.37. The lowest BCUT2D eigenvalue weighted by Crippen LogP contribution is -2.02. The van der Waals surface area contributed by atoms with Crippen molar-refractivity contribution in [2.24, 2.45) is 5.73 Å². The molecule has 0 aliphatic heterocycles. The predicted molar refractivity (Wildman–Crippen MR) is 49.1 cm³/mol. The third kappa shape index (κ3) is 1.93. The predicted octanol–water partition coefficient (Wildman–Crippen LogP) is 1.23. The molecule has 1 heterocycles. The van der Waals surface area contributed by atoms with Gasteiger partial charge in [0.25, 0.3) is 0 Å². The molecule has 2 rings (SSSR count). The Balaban J connectivity index is 0.000000720. The summed E-state index contributed by atoms with van der Waals surface area (Å²) < 4.78 is 0. The summed E-state index contributed by atoms with van der Waals surface area (Å²) in [6.45, 7) is 0.516. The molecule has 1 aliphatic carbocycles. The Morgan fingerprint density at radius 3 is 2.83 bits per heavy atom. The molecule has 1 fully saturated rings. The zero-order valence-corrected chi connectivity index (χ0v) is 7.55. The molecule has 12 heavy (non-hydrogen) atoms. The molecule has 0 aromatic carbocycles. The molecule has 1 aliphatic rings. The second kappa shape index (κ2) is 3.83. The summed E-state index contributed by atoms with van der Waals surface area (Å²) in [6, 6.07) is 1.87. The van der Waals surface area contributed by atoms with Gasteiger partial charge in [-0.05, 0) is 18.9 Å². The minimum Gasteiger partial charge on any atom is -0.325 e. The molecule has 1 aromatic rings. The van der Waals surface area contributed by atoms with E-state index in [4.69, 9.17) is 5.73 Å². The number of aromatic nitrogens is 2. The Hall–Kier alpha value is -0.670. The van der Waals surface area contributed by atoms with Crippen molar-refractivity contribution in [3.8, 4) is 0 Å². The van der Waals surface area contributed by atoms with Crippen molar-refractivity contribution < 1.29 is 0 Å². The molecule has 4 heteroatoms. The second-order valence-corrected chi connectivity index (χ2v) is 2.88. The highest BCUT2D eigenvalue weighted by atomic mass is 35.5. The van der Waals surface area contributed by atoms with Crippen molar-refractivity contribution in [2.45, 2.75) is 25.3 Å². The van der Waals surface area contributed by atoms with Gasteiger partial charge in [0.2, 0.25) is 0 Å². The van der Waals surface area contributed by atoms with Crippen LogP contribution in [0.15, 0.2) is 12.3 Å². The molecule has 0 radical (unpaired) electrons. The molecule has 2 N–H and O–H groups in total. The molecule has 0 spiro atoms. The highest BCUT2D eigenvalue weighted by molar-refractivity contribution is 5.85. The maximum absolute atomic E-state index is 5.45. The maximum atomic E-state index is 5.45. The van der Waals surface area contributed by atoms with Crippen LogP contribution < -0.4 is 5.73 Å². The summed E-state index contributed by atoms with van der Waals surface area (Å²) in [6.07, 6.45) is 4.28. The first-order valence-electron chi connectivity index (χ1n) is 3.92. The Labute approximate surface area is 77.8 Å². The molecule has 0 amide bonds. The first kappa shape index (κ1) is 9.42. The molecular formula is C8H12ClN3. The number of hydrogen-bond acceptors (Lipinski definition) is 3. The van der Waals surface area contributed by atoms with E-state index in [1.165, 1.54) is 12.8 Å². The first-order chi connectivity index (χ1) is 5.40. The second-order valence-electron chi connectivity index (χ2n) is 2.88. The standard InChI is InChI=1S/C8H11N3.ClH/c9-5-7-3-4-10-8(11-7)6-1-2-6;/h3-4,6H,1-2,5,9H2;1H. The van der Waals surface area contributed by atoms with Gasteiger partial charge in [0.05, 0.1) is 5.69 Å².